The quantitative estimate of drug-likeness (QED) is 0.400. The number of hydrogen-bond acceptors (Lipinski definition) is 5. The van der Waals surface area contributed by atoms with E-state index in [1.807, 2.05) is 6.92 Å². The molecule has 15 heavy (non-hydrogen) atoms. The Labute approximate surface area is 86.5 Å². The number of esters is 1. The molecule has 0 unspecified atom stereocenters. The number of phenolic OH excluding ortho intramolecular Hbond substituents is 3. The van der Waals surface area contributed by atoms with Crippen LogP contribution in [-0.2, 0) is 4.74 Å². The second kappa shape index (κ2) is 4.54. The Morgan fingerprint density at radius 3 is 2.60 bits per heavy atom. The summed E-state index contributed by atoms with van der Waals surface area (Å²) in [7, 11) is 0. The average Bonchev–Trinajstić information content (AvgIpc) is 2.19. The minimum Gasteiger partial charge on any atom is -0.508 e. The Balaban J connectivity index is 2.98. The van der Waals surface area contributed by atoms with Gasteiger partial charge < -0.3 is 20.1 Å². The zero-order chi connectivity index (χ0) is 11.4. The van der Waals surface area contributed by atoms with Crippen LogP contribution in [0.3, 0.4) is 0 Å². The topological polar surface area (TPSA) is 87.0 Å². The third-order valence-corrected chi connectivity index (χ3v) is 1.73. The van der Waals surface area contributed by atoms with Gasteiger partial charge in [0.2, 0.25) is 0 Å². The number of phenols is 3. The summed E-state index contributed by atoms with van der Waals surface area (Å²) in [5, 5.41) is 27.6. The summed E-state index contributed by atoms with van der Waals surface area (Å²) in [6.07, 6.45) is 0.650. The molecule has 0 radical (unpaired) electrons. The normalized spacial score (nSPS) is 9.93. The fourth-order valence-electron chi connectivity index (χ4n) is 1.03. The van der Waals surface area contributed by atoms with Crippen LogP contribution >= 0.6 is 0 Å². The molecule has 0 spiro atoms. The van der Waals surface area contributed by atoms with E-state index in [4.69, 9.17) is 14.9 Å². The van der Waals surface area contributed by atoms with Gasteiger partial charge in [0.05, 0.1) is 6.61 Å². The number of carbonyl (C=O) groups is 1. The zero-order valence-electron chi connectivity index (χ0n) is 8.23. The molecule has 0 aliphatic carbocycles. The van der Waals surface area contributed by atoms with Crippen LogP contribution in [0.5, 0.6) is 17.2 Å². The highest BCUT2D eigenvalue weighted by atomic mass is 16.5. The van der Waals surface area contributed by atoms with Gasteiger partial charge in [-0.05, 0) is 12.5 Å². The number of rotatable bonds is 3. The van der Waals surface area contributed by atoms with E-state index < -0.39 is 17.5 Å². The minimum atomic E-state index is -0.777. The molecular formula is C10H12O5. The summed E-state index contributed by atoms with van der Waals surface area (Å²) < 4.78 is 4.75. The van der Waals surface area contributed by atoms with Gasteiger partial charge in [-0.25, -0.2) is 4.79 Å². The van der Waals surface area contributed by atoms with E-state index in [0.717, 1.165) is 12.1 Å². The summed E-state index contributed by atoms with van der Waals surface area (Å²) in [5.74, 6) is -2.23. The SMILES string of the molecule is CCCOC(=O)c1cc(O)cc(O)c1O. The Kier molecular flexibility index (Phi) is 3.38. The number of hydrogen-bond donors (Lipinski definition) is 3. The molecule has 3 N–H and O–H groups in total. The molecule has 1 rings (SSSR count). The number of aromatic hydroxyl groups is 3. The Morgan fingerprint density at radius 2 is 2.00 bits per heavy atom. The Morgan fingerprint density at radius 1 is 1.33 bits per heavy atom. The van der Waals surface area contributed by atoms with Gasteiger partial charge in [-0.1, -0.05) is 6.92 Å². The second-order valence-electron chi connectivity index (χ2n) is 3.00. The van der Waals surface area contributed by atoms with Gasteiger partial charge >= 0.3 is 5.97 Å². The van der Waals surface area contributed by atoms with E-state index in [2.05, 4.69) is 0 Å². The van der Waals surface area contributed by atoms with Gasteiger partial charge in [-0.15, -0.1) is 0 Å². The number of ether oxygens (including phenoxy) is 1. The summed E-state index contributed by atoms with van der Waals surface area (Å²) in [4.78, 5) is 11.3. The van der Waals surface area contributed by atoms with Crippen molar-refractivity contribution in [1.29, 1.82) is 0 Å². The molecule has 0 amide bonds. The van der Waals surface area contributed by atoms with Crippen LogP contribution < -0.4 is 0 Å². The van der Waals surface area contributed by atoms with Crippen LogP contribution in [0.25, 0.3) is 0 Å². The maximum atomic E-state index is 11.3. The van der Waals surface area contributed by atoms with Crippen molar-refractivity contribution < 1.29 is 24.9 Å². The fourth-order valence-corrected chi connectivity index (χ4v) is 1.03. The predicted molar refractivity (Wildman–Crippen MR) is 52.0 cm³/mol. The molecule has 0 aromatic heterocycles. The lowest BCUT2D eigenvalue weighted by Gasteiger charge is -2.06. The molecule has 0 heterocycles. The molecule has 0 atom stereocenters. The molecule has 1 aromatic rings. The maximum absolute atomic E-state index is 11.3. The van der Waals surface area contributed by atoms with Crippen molar-refractivity contribution in [2.45, 2.75) is 13.3 Å². The third-order valence-electron chi connectivity index (χ3n) is 1.73. The monoisotopic (exact) mass is 212 g/mol. The molecule has 0 bridgehead atoms. The minimum absolute atomic E-state index is 0.217. The van der Waals surface area contributed by atoms with Crippen LogP contribution in [0, 0.1) is 0 Å². The predicted octanol–water partition coefficient (Wildman–Crippen LogP) is 1.37. The second-order valence-corrected chi connectivity index (χ2v) is 3.00. The van der Waals surface area contributed by atoms with E-state index >= 15 is 0 Å². The summed E-state index contributed by atoms with van der Waals surface area (Å²) in [6.45, 7) is 2.04. The van der Waals surface area contributed by atoms with Gasteiger partial charge in [0.1, 0.15) is 11.3 Å². The molecule has 0 aliphatic heterocycles. The lowest BCUT2D eigenvalue weighted by Crippen LogP contribution is -2.06. The first kappa shape index (κ1) is 11.2. The smallest absolute Gasteiger partial charge is 0.342 e. The highest BCUT2D eigenvalue weighted by Gasteiger charge is 2.17. The van der Waals surface area contributed by atoms with Crippen molar-refractivity contribution in [2.75, 3.05) is 6.61 Å². The van der Waals surface area contributed by atoms with E-state index in [1.165, 1.54) is 0 Å². The highest BCUT2D eigenvalue weighted by Crippen LogP contribution is 2.33. The molecular weight excluding hydrogens is 200 g/mol. The molecule has 5 heteroatoms. The van der Waals surface area contributed by atoms with Crippen LogP contribution in [0.15, 0.2) is 12.1 Å². The van der Waals surface area contributed by atoms with Crippen molar-refractivity contribution in [3.8, 4) is 17.2 Å². The first-order chi connectivity index (χ1) is 7.06. The van der Waals surface area contributed by atoms with Crippen LogP contribution in [-0.4, -0.2) is 27.9 Å². The van der Waals surface area contributed by atoms with Gasteiger partial charge in [-0.3, -0.25) is 0 Å². The van der Waals surface area contributed by atoms with Gasteiger partial charge in [0.15, 0.2) is 11.5 Å². The van der Waals surface area contributed by atoms with E-state index in [-0.39, 0.29) is 17.9 Å². The standard InChI is InChI=1S/C10H12O5/c1-2-3-15-10(14)7-4-6(11)5-8(12)9(7)13/h4-5,11-13H,2-3H2,1H3. The molecule has 82 valence electrons. The van der Waals surface area contributed by atoms with Crippen molar-refractivity contribution in [1.82, 2.24) is 0 Å². The molecule has 1 aromatic carbocycles. The average molecular weight is 212 g/mol. The van der Waals surface area contributed by atoms with Crippen molar-refractivity contribution in [2.24, 2.45) is 0 Å². The lowest BCUT2D eigenvalue weighted by atomic mass is 10.2. The number of carbonyl (C=O) groups excluding carboxylic acids is 1. The summed E-state index contributed by atoms with van der Waals surface area (Å²) in [6, 6.07) is 1.97. The lowest BCUT2D eigenvalue weighted by molar-refractivity contribution is 0.0500. The molecule has 5 nitrogen and oxygen atoms in total. The molecule has 0 saturated heterocycles. The van der Waals surface area contributed by atoms with Gasteiger partial charge in [-0.2, -0.15) is 0 Å². The Bertz CT molecular complexity index is 372. The van der Waals surface area contributed by atoms with Crippen molar-refractivity contribution in [3.05, 3.63) is 17.7 Å². The summed E-state index contributed by atoms with van der Waals surface area (Å²) in [5.41, 5.74) is -0.249. The highest BCUT2D eigenvalue weighted by molar-refractivity contribution is 5.93. The molecule has 0 saturated carbocycles. The van der Waals surface area contributed by atoms with Crippen LogP contribution in [0.2, 0.25) is 0 Å². The van der Waals surface area contributed by atoms with E-state index in [9.17, 15) is 9.90 Å². The zero-order valence-corrected chi connectivity index (χ0v) is 8.23. The van der Waals surface area contributed by atoms with Crippen molar-refractivity contribution in [3.63, 3.8) is 0 Å². The van der Waals surface area contributed by atoms with E-state index in [0.29, 0.717) is 6.42 Å². The van der Waals surface area contributed by atoms with Gasteiger partial charge in [0.25, 0.3) is 0 Å². The van der Waals surface area contributed by atoms with Crippen LogP contribution in [0.1, 0.15) is 23.7 Å². The first-order valence-electron chi connectivity index (χ1n) is 4.48. The largest absolute Gasteiger partial charge is 0.508 e. The van der Waals surface area contributed by atoms with E-state index in [1.54, 1.807) is 0 Å². The van der Waals surface area contributed by atoms with Crippen LogP contribution in [0.4, 0.5) is 0 Å². The third kappa shape index (κ3) is 2.52. The molecule has 0 aliphatic rings. The summed E-state index contributed by atoms with van der Waals surface area (Å²) >= 11 is 0. The first-order valence-corrected chi connectivity index (χ1v) is 4.48. The fraction of sp³-hybridized carbons (Fsp3) is 0.300. The van der Waals surface area contributed by atoms with Gasteiger partial charge in [0, 0.05) is 6.07 Å². The van der Waals surface area contributed by atoms with Crippen molar-refractivity contribution >= 4 is 5.97 Å². The Hall–Kier alpha value is -1.91. The maximum Gasteiger partial charge on any atom is 0.342 e. The molecule has 0 fully saturated rings. The number of benzene rings is 1.